The van der Waals surface area contributed by atoms with E-state index in [4.69, 9.17) is 26.1 Å². The number of fused-ring (bicyclic) bond motifs is 2. The van der Waals surface area contributed by atoms with E-state index in [0.717, 1.165) is 39.2 Å². The standard InChI is InChI=1S/C27H24ClN5O3/c28-19-14-18(15-29-16-19)20-4-3-5-21-25(20)30-17-22(26(21)32-8-11-35-12-9-32)27(34)31-33-10-13-36-24-7-2-1-6-23(24)33/h1-7,14-17H,8-13H2,(H,31,34). The number of para-hydroxylation sites is 3. The van der Waals surface area contributed by atoms with Crippen molar-refractivity contribution in [1.82, 2.24) is 15.4 Å². The van der Waals surface area contributed by atoms with Crippen LogP contribution in [0.4, 0.5) is 11.4 Å². The molecule has 2 aromatic carbocycles. The van der Waals surface area contributed by atoms with Gasteiger partial charge >= 0.3 is 0 Å². The van der Waals surface area contributed by atoms with Crippen molar-refractivity contribution in [1.29, 1.82) is 0 Å². The van der Waals surface area contributed by atoms with Gasteiger partial charge in [-0.3, -0.25) is 25.2 Å². The molecule has 8 nitrogen and oxygen atoms in total. The first kappa shape index (κ1) is 22.6. The van der Waals surface area contributed by atoms with E-state index < -0.39 is 0 Å². The molecule has 6 rings (SSSR count). The minimum atomic E-state index is -0.225. The number of amides is 1. The van der Waals surface area contributed by atoms with Gasteiger partial charge in [-0.2, -0.15) is 0 Å². The van der Waals surface area contributed by atoms with Gasteiger partial charge < -0.3 is 14.4 Å². The highest BCUT2D eigenvalue weighted by Crippen LogP contribution is 2.36. The number of hydrogen-bond acceptors (Lipinski definition) is 7. The number of carbonyl (C=O) groups excluding carboxylic acids is 1. The lowest BCUT2D eigenvalue weighted by atomic mass is 10.00. The summed E-state index contributed by atoms with van der Waals surface area (Å²) in [7, 11) is 0. The second-order valence-corrected chi connectivity index (χ2v) is 9.06. The van der Waals surface area contributed by atoms with Crippen molar-refractivity contribution in [3.05, 3.63) is 77.7 Å². The maximum absolute atomic E-state index is 13.7. The zero-order valence-corrected chi connectivity index (χ0v) is 20.2. The summed E-state index contributed by atoms with van der Waals surface area (Å²) in [6.45, 7) is 3.59. The molecule has 2 aliphatic heterocycles. The van der Waals surface area contributed by atoms with E-state index in [2.05, 4.69) is 15.3 Å². The van der Waals surface area contributed by atoms with Crippen LogP contribution in [-0.4, -0.2) is 55.3 Å². The number of benzene rings is 2. The van der Waals surface area contributed by atoms with Crippen LogP contribution in [0.15, 0.2) is 67.1 Å². The number of rotatable bonds is 4. The van der Waals surface area contributed by atoms with E-state index in [1.54, 1.807) is 18.6 Å². The fourth-order valence-electron chi connectivity index (χ4n) is 4.76. The summed E-state index contributed by atoms with van der Waals surface area (Å²) in [5, 5.41) is 3.28. The fraction of sp³-hybridized carbons (Fsp3) is 0.222. The monoisotopic (exact) mass is 501 g/mol. The van der Waals surface area contributed by atoms with Crippen LogP contribution in [0, 0.1) is 0 Å². The predicted molar refractivity (Wildman–Crippen MR) is 140 cm³/mol. The van der Waals surface area contributed by atoms with Crippen molar-refractivity contribution in [3.8, 4) is 16.9 Å². The Morgan fingerprint density at radius 3 is 2.69 bits per heavy atom. The van der Waals surface area contributed by atoms with Crippen LogP contribution in [0.1, 0.15) is 10.4 Å². The molecule has 1 saturated heterocycles. The fourth-order valence-corrected chi connectivity index (χ4v) is 4.94. The molecular weight excluding hydrogens is 478 g/mol. The summed E-state index contributed by atoms with van der Waals surface area (Å²) in [4.78, 5) is 24.9. The number of nitrogens with zero attached hydrogens (tertiary/aromatic N) is 4. The third kappa shape index (κ3) is 4.19. The Kier molecular flexibility index (Phi) is 6.04. The summed E-state index contributed by atoms with van der Waals surface area (Å²) in [6.07, 6.45) is 5.04. The van der Waals surface area contributed by atoms with Gasteiger partial charge in [0.2, 0.25) is 0 Å². The van der Waals surface area contributed by atoms with Gasteiger partial charge in [0.15, 0.2) is 0 Å². The van der Waals surface area contributed by atoms with E-state index in [0.29, 0.717) is 50.0 Å². The normalized spacial score (nSPS) is 15.4. The Balaban J connectivity index is 1.44. The van der Waals surface area contributed by atoms with E-state index in [9.17, 15) is 4.79 Å². The first-order chi connectivity index (χ1) is 17.7. The lowest BCUT2D eigenvalue weighted by Crippen LogP contribution is -2.47. The first-order valence-electron chi connectivity index (χ1n) is 11.8. The van der Waals surface area contributed by atoms with Crippen molar-refractivity contribution >= 4 is 39.8 Å². The van der Waals surface area contributed by atoms with Crippen molar-refractivity contribution in [3.63, 3.8) is 0 Å². The molecular formula is C27H24ClN5O3. The van der Waals surface area contributed by atoms with E-state index in [-0.39, 0.29) is 5.91 Å². The molecule has 1 amide bonds. The first-order valence-corrected chi connectivity index (χ1v) is 12.2. The number of pyridine rings is 2. The van der Waals surface area contributed by atoms with Crippen LogP contribution in [0.2, 0.25) is 5.02 Å². The van der Waals surface area contributed by atoms with Gasteiger partial charge in [0.1, 0.15) is 12.4 Å². The molecule has 4 heterocycles. The third-order valence-electron chi connectivity index (χ3n) is 6.42. The van der Waals surface area contributed by atoms with Gasteiger partial charge in [-0.15, -0.1) is 0 Å². The molecule has 0 aliphatic carbocycles. The van der Waals surface area contributed by atoms with Crippen LogP contribution in [-0.2, 0) is 4.74 Å². The third-order valence-corrected chi connectivity index (χ3v) is 6.63. The van der Waals surface area contributed by atoms with Gasteiger partial charge in [-0.1, -0.05) is 41.9 Å². The maximum Gasteiger partial charge on any atom is 0.273 e. The lowest BCUT2D eigenvalue weighted by Gasteiger charge is -2.33. The van der Waals surface area contributed by atoms with Crippen molar-refractivity contribution in [2.75, 3.05) is 49.4 Å². The molecule has 4 aromatic rings. The average molecular weight is 502 g/mol. The Morgan fingerprint density at radius 2 is 1.83 bits per heavy atom. The summed E-state index contributed by atoms with van der Waals surface area (Å²) in [5.41, 5.74) is 7.83. The number of morpholine rings is 1. The topological polar surface area (TPSA) is 79.8 Å². The highest BCUT2D eigenvalue weighted by Gasteiger charge is 2.26. The van der Waals surface area contributed by atoms with Crippen LogP contribution in [0.3, 0.4) is 0 Å². The maximum atomic E-state index is 13.7. The Morgan fingerprint density at radius 1 is 0.972 bits per heavy atom. The zero-order valence-electron chi connectivity index (χ0n) is 19.5. The van der Waals surface area contributed by atoms with Gasteiger partial charge in [0.25, 0.3) is 5.91 Å². The number of nitrogens with one attached hydrogen (secondary N) is 1. The Hall–Kier alpha value is -3.88. The molecule has 2 aromatic heterocycles. The van der Waals surface area contributed by atoms with Crippen LogP contribution < -0.4 is 20.1 Å². The summed E-state index contributed by atoms with van der Waals surface area (Å²) in [5.74, 6) is 0.520. The van der Waals surface area contributed by atoms with Crippen LogP contribution in [0.25, 0.3) is 22.0 Å². The number of ether oxygens (including phenoxy) is 2. The molecule has 0 unspecified atom stereocenters. The van der Waals surface area contributed by atoms with Gasteiger partial charge in [0.05, 0.1) is 47.2 Å². The summed E-state index contributed by atoms with van der Waals surface area (Å²) in [6, 6.07) is 15.5. The zero-order chi connectivity index (χ0) is 24.5. The Labute approximate surface area is 213 Å². The number of hydrazine groups is 1. The highest BCUT2D eigenvalue weighted by atomic mass is 35.5. The molecule has 36 heavy (non-hydrogen) atoms. The molecule has 182 valence electrons. The molecule has 0 atom stereocenters. The lowest BCUT2D eigenvalue weighted by molar-refractivity contribution is 0.0943. The number of aromatic nitrogens is 2. The quantitative estimate of drug-likeness (QED) is 0.446. The van der Waals surface area contributed by atoms with E-state index in [1.165, 1.54) is 0 Å². The predicted octanol–water partition coefficient (Wildman–Crippen LogP) is 4.33. The second kappa shape index (κ2) is 9.64. The number of anilines is 2. The molecule has 2 aliphatic rings. The number of carbonyl (C=O) groups is 1. The van der Waals surface area contributed by atoms with Crippen molar-refractivity contribution < 1.29 is 14.3 Å². The molecule has 0 saturated carbocycles. The summed E-state index contributed by atoms with van der Waals surface area (Å²) < 4.78 is 11.3. The smallest absolute Gasteiger partial charge is 0.273 e. The van der Waals surface area contributed by atoms with Crippen LogP contribution >= 0.6 is 11.6 Å². The molecule has 0 radical (unpaired) electrons. The SMILES string of the molecule is O=C(NN1CCOc2ccccc21)c1cnc2c(-c3cncc(Cl)c3)cccc2c1N1CCOCC1. The van der Waals surface area contributed by atoms with Crippen LogP contribution in [0.5, 0.6) is 5.75 Å². The molecule has 1 fully saturated rings. The van der Waals surface area contributed by atoms with Crippen molar-refractivity contribution in [2.24, 2.45) is 0 Å². The molecule has 1 N–H and O–H groups in total. The molecule has 0 spiro atoms. The largest absolute Gasteiger partial charge is 0.489 e. The van der Waals surface area contributed by atoms with E-state index in [1.807, 2.05) is 53.5 Å². The number of halogens is 1. The van der Waals surface area contributed by atoms with Crippen molar-refractivity contribution in [2.45, 2.75) is 0 Å². The van der Waals surface area contributed by atoms with Gasteiger partial charge in [-0.25, -0.2) is 0 Å². The highest BCUT2D eigenvalue weighted by molar-refractivity contribution is 6.30. The van der Waals surface area contributed by atoms with Gasteiger partial charge in [0, 0.05) is 48.2 Å². The molecule has 0 bridgehead atoms. The average Bonchev–Trinajstić information content (AvgIpc) is 2.92. The number of hydrogen-bond donors (Lipinski definition) is 1. The Bertz CT molecular complexity index is 1440. The van der Waals surface area contributed by atoms with E-state index >= 15 is 0 Å². The molecule has 9 heteroatoms. The minimum absolute atomic E-state index is 0.225. The minimum Gasteiger partial charge on any atom is -0.489 e. The summed E-state index contributed by atoms with van der Waals surface area (Å²) >= 11 is 6.22. The second-order valence-electron chi connectivity index (χ2n) is 8.62. The van der Waals surface area contributed by atoms with Gasteiger partial charge in [-0.05, 0) is 18.2 Å².